The Bertz CT molecular complexity index is 517. The fourth-order valence-corrected chi connectivity index (χ4v) is 1.50. The number of rotatable bonds is 2. The molecule has 1 aromatic carbocycles. The molecule has 0 radical (unpaired) electrons. The highest BCUT2D eigenvalue weighted by Crippen LogP contribution is 2.22. The monoisotopic (exact) mass is 241 g/mol. The Hall–Kier alpha value is -1.98. The van der Waals surface area contributed by atoms with Crippen molar-refractivity contribution in [3.63, 3.8) is 0 Å². The van der Waals surface area contributed by atoms with Crippen molar-refractivity contribution in [2.75, 3.05) is 5.73 Å². The average Bonchev–Trinajstić information content (AvgIpc) is 2.63. The summed E-state index contributed by atoms with van der Waals surface area (Å²) in [5, 5.41) is 3.66. The first kappa shape index (κ1) is 11.5. The fourth-order valence-electron chi connectivity index (χ4n) is 1.50. The molecular weight excluding hydrogens is 231 g/mol. The number of alkyl halides is 3. The van der Waals surface area contributed by atoms with Crippen LogP contribution in [-0.2, 0) is 6.54 Å². The Morgan fingerprint density at radius 1 is 1.24 bits per heavy atom. The van der Waals surface area contributed by atoms with Crippen LogP contribution in [0.15, 0.2) is 36.7 Å². The molecular formula is C11H10F3N3. The van der Waals surface area contributed by atoms with Crippen LogP contribution in [0.1, 0.15) is 0 Å². The van der Waals surface area contributed by atoms with Gasteiger partial charge in [-0.1, -0.05) is 12.1 Å². The van der Waals surface area contributed by atoms with E-state index < -0.39 is 12.7 Å². The van der Waals surface area contributed by atoms with E-state index in [1.165, 1.54) is 12.4 Å². The van der Waals surface area contributed by atoms with Crippen molar-refractivity contribution in [2.45, 2.75) is 12.7 Å². The minimum Gasteiger partial charge on any atom is -0.399 e. The third-order valence-corrected chi connectivity index (χ3v) is 2.19. The predicted molar refractivity (Wildman–Crippen MR) is 58.1 cm³/mol. The van der Waals surface area contributed by atoms with Gasteiger partial charge in [0.15, 0.2) is 0 Å². The van der Waals surface area contributed by atoms with Crippen molar-refractivity contribution in [3.05, 3.63) is 36.7 Å². The molecule has 0 aliphatic rings. The fraction of sp³-hybridized carbons (Fsp3) is 0.182. The van der Waals surface area contributed by atoms with Gasteiger partial charge in [-0.3, -0.25) is 4.68 Å². The number of halogens is 3. The molecule has 2 aromatic rings. The van der Waals surface area contributed by atoms with Crippen LogP contribution in [0, 0.1) is 0 Å². The maximum absolute atomic E-state index is 12.1. The second-order valence-electron chi connectivity index (χ2n) is 3.67. The van der Waals surface area contributed by atoms with Gasteiger partial charge in [-0.15, -0.1) is 0 Å². The van der Waals surface area contributed by atoms with E-state index >= 15 is 0 Å². The Balaban J connectivity index is 2.24. The highest BCUT2D eigenvalue weighted by atomic mass is 19.4. The maximum atomic E-state index is 12.1. The minimum atomic E-state index is -4.26. The number of hydrogen-bond acceptors (Lipinski definition) is 2. The highest BCUT2D eigenvalue weighted by Gasteiger charge is 2.28. The van der Waals surface area contributed by atoms with Crippen molar-refractivity contribution in [1.82, 2.24) is 9.78 Å². The van der Waals surface area contributed by atoms with Gasteiger partial charge >= 0.3 is 6.18 Å². The van der Waals surface area contributed by atoms with Gasteiger partial charge in [-0.2, -0.15) is 18.3 Å². The SMILES string of the molecule is Nc1cccc(-c2cnn(CC(F)(F)F)c2)c1. The second kappa shape index (κ2) is 4.12. The Morgan fingerprint density at radius 2 is 2.00 bits per heavy atom. The number of hydrogen-bond donors (Lipinski definition) is 1. The highest BCUT2D eigenvalue weighted by molar-refractivity contribution is 5.65. The maximum Gasteiger partial charge on any atom is 0.408 e. The zero-order chi connectivity index (χ0) is 12.5. The summed E-state index contributed by atoms with van der Waals surface area (Å²) in [6, 6.07) is 6.91. The van der Waals surface area contributed by atoms with Crippen LogP contribution < -0.4 is 5.73 Å². The van der Waals surface area contributed by atoms with Crippen LogP contribution in [0.4, 0.5) is 18.9 Å². The smallest absolute Gasteiger partial charge is 0.399 e. The molecule has 3 nitrogen and oxygen atoms in total. The van der Waals surface area contributed by atoms with E-state index in [4.69, 9.17) is 5.73 Å². The van der Waals surface area contributed by atoms with Crippen LogP contribution in [0.25, 0.3) is 11.1 Å². The van der Waals surface area contributed by atoms with Crippen LogP contribution >= 0.6 is 0 Å². The largest absolute Gasteiger partial charge is 0.408 e. The third-order valence-electron chi connectivity index (χ3n) is 2.19. The second-order valence-corrected chi connectivity index (χ2v) is 3.67. The first-order chi connectivity index (χ1) is 7.94. The number of nitrogens with two attached hydrogens (primary N) is 1. The number of anilines is 1. The van der Waals surface area contributed by atoms with Crippen molar-refractivity contribution >= 4 is 5.69 Å². The van der Waals surface area contributed by atoms with Gasteiger partial charge < -0.3 is 5.73 Å². The quantitative estimate of drug-likeness (QED) is 0.821. The molecule has 0 saturated heterocycles. The lowest BCUT2D eigenvalue weighted by Gasteiger charge is -2.05. The average molecular weight is 241 g/mol. The van der Waals surface area contributed by atoms with Crippen molar-refractivity contribution in [1.29, 1.82) is 0 Å². The van der Waals surface area contributed by atoms with E-state index in [0.717, 1.165) is 10.2 Å². The number of aromatic nitrogens is 2. The normalized spacial score (nSPS) is 11.7. The summed E-state index contributed by atoms with van der Waals surface area (Å²) in [6.45, 7) is -1.09. The molecule has 0 atom stereocenters. The van der Waals surface area contributed by atoms with Crippen LogP contribution in [0.5, 0.6) is 0 Å². The van der Waals surface area contributed by atoms with E-state index in [-0.39, 0.29) is 0 Å². The summed E-state index contributed by atoms with van der Waals surface area (Å²) in [5.74, 6) is 0. The molecule has 0 aliphatic heterocycles. The molecule has 0 spiro atoms. The molecule has 0 fully saturated rings. The molecule has 2 N–H and O–H groups in total. The molecule has 1 heterocycles. The van der Waals surface area contributed by atoms with Crippen molar-refractivity contribution < 1.29 is 13.2 Å². The molecule has 17 heavy (non-hydrogen) atoms. The van der Waals surface area contributed by atoms with Gasteiger partial charge in [-0.05, 0) is 17.7 Å². The predicted octanol–water partition coefficient (Wildman–Crippen LogP) is 2.69. The zero-order valence-corrected chi connectivity index (χ0v) is 8.78. The van der Waals surface area contributed by atoms with Crippen LogP contribution in [0.3, 0.4) is 0 Å². The number of benzene rings is 1. The standard InChI is InChI=1S/C11H10F3N3/c12-11(13,14)7-17-6-9(5-16-17)8-2-1-3-10(15)4-8/h1-6H,7,15H2. The lowest BCUT2D eigenvalue weighted by Crippen LogP contribution is -2.17. The summed E-state index contributed by atoms with van der Waals surface area (Å²) in [4.78, 5) is 0. The topological polar surface area (TPSA) is 43.8 Å². The molecule has 0 aliphatic carbocycles. The number of nitrogens with zero attached hydrogens (tertiary/aromatic N) is 2. The van der Waals surface area contributed by atoms with Gasteiger partial charge in [-0.25, -0.2) is 0 Å². The molecule has 0 unspecified atom stereocenters. The Morgan fingerprint density at radius 3 is 2.65 bits per heavy atom. The van der Waals surface area contributed by atoms with Crippen molar-refractivity contribution in [2.24, 2.45) is 0 Å². The first-order valence-electron chi connectivity index (χ1n) is 4.89. The zero-order valence-electron chi connectivity index (χ0n) is 8.78. The third kappa shape index (κ3) is 2.99. The Kier molecular flexibility index (Phi) is 2.79. The summed E-state index contributed by atoms with van der Waals surface area (Å²) >= 11 is 0. The van der Waals surface area contributed by atoms with E-state index in [9.17, 15) is 13.2 Å². The molecule has 0 bridgehead atoms. The molecule has 1 aromatic heterocycles. The lowest BCUT2D eigenvalue weighted by atomic mass is 10.1. The summed E-state index contributed by atoms with van der Waals surface area (Å²) in [5.41, 5.74) is 7.52. The van der Waals surface area contributed by atoms with Crippen LogP contribution in [-0.4, -0.2) is 16.0 Å². The summed E-state index contributed by atoms with van der Waals surface area (Å²) < 4.78 is 37.3. The molecule has 2 rings (SSSR count). The van der Waals surface area contributed by atoms with Gasteiger partial charge in [0.05, 0.1) is 6.20 Å². The molecule has 0 amide bonds. The van der Waals surface area contributed by atoms with Gasteiger partial charge in [0, 0.05) is 17.4 Å². The first-order valence-corrected chi connectivity index (χ1v) is 4.89. The van der Waals surface area contributed by atoms with E-state index in [1.54, 1.807) is 24.3 Å². The van der Waals surface area contributed by atoms with E-state index in [0.29, 0.717) is 11.3 Å². The molecule has 0 saturated carbocycles. The Labute approximate surface area is 95.7 Å². The minimum absolute atomic E-state index is 0.561. The summed E-state index contributed by atoms with van der Waals surface area (Å²) in [6.07, 6.45) is -1.53. The lowest BCUT2D eigenvalue weighted by molar-refractivity contribution is -0.142. The van der Waals surface area contributed by atoms with Crippen molar-refractivity contribution in [3.8, 4) is 11.1 Å². The number of nitrogen functional groups attached to an aromatic ring is 1. The summed E-state index contributed by atoms with van der Waals surface area (Å²) in [7, 11) is 0. The molecule has 90 valence electrons. The van der Waals surface area contributed by atoms with Gasteiger partial charge in [0.2, 0.25) is 0 Å². The van der Waals surface area contributed by atoms with Gasteiger partial charge in [0.25, 0.3) is 0 Å². The van der Waals surface area contributed by atoms with E-state index in [2.05, 4.69) is 5.10 Å². The van der Waals surface area contributed by atoms with E-state index in [1.807, 2.05) is 0 Å². The van der Waals surface area contributed by atoms with Crippen LogP contribution in [0.2, 0.25) is 0 Å². The molecule has 6 heteroatoms. The van der Waals surface area contributed by atoms with Gasteiger partial charge in [0.1, 0.15) is 6.54 Å².